The van der Waals surface area contributed by atoms with E-state index < -0.39 is 16.1 Å². The highest BCUT2D eigenvalue weighted by Crippen LogP contribution is 2.24. The quantitative estimate of drug-likeness (QED) is 0.731. The smallest absolute Gasteiger partial charge is 0.263 e. The van der Waals surface area contributed by atoms with Gasteiger partial charge in [-0.3, -0.25) is 14.5 Å². The summed E-state index contributed by atoms with van der Waals surface area (Å²) in [6.45, 7) is 4.20. The highest BCUT2D eigenvalue weighted by Gasteiger charge is 2.32. The number of rotatable bonds is 7. The van der Waals surface area contributed by atoms with Crippen LogP contribution in [-0.4, -0.2) is 39.4 Å². The Hall–Kier alpha value is -3.38. The molecule has 2 aromatic rings. The molecular formula is C21H22N4O4S. The number of amides is 1. The van der Waals surface area contributed by atoms with Gasteiger partial charge in [0.25, 0.3) is 15.9 Å². The zero-order valence-corrected chi connectivity index (χ0v) is 17.5. The predicted molar refractivity (Wildman–Crippen MR) is 113 cm³/mol. The number of fused-ring (bicyclic) bond motifs is 1. The number of nitrogens with zero attached hydrogens (tertiary/aromatic N) is 3. The van der Waals surface area contributed by atoms with Crippen molar-refractivity contribution >= 4 is 27.5 Å². The third-order valence-corrected chi connectivity index (χ3v) is 5.91. The first-order valence-corrected chi connectivity index (χ1v) is 11.0. The number of ether oxygens (including phenoxy) is 1. The summed E-state index contributed by atoms with van der Waals surface area (Å²) in [7, 11) is -3.69. The lowest BCUT2D eigenvalue weighted by Gasteiger charge is -2.24. The van der Waals surface area contributed by atoms with Crippen LogP contribution < -0.4 is 14.4 Å². The minimum atomic E-state index is -3.69. The van der Waals surface area contributed by atoms with Gasteiger partial charge in [0.2, 0.25) is 0 Å². The number of carbonyl (C=O) groups is 1. The van der Waals surface area contributed by atoms with Crippen molar-refractivity contribution in [2.75, 3.05) is 18.1 Å². The lowest BCUT2D eigenvalue weighted by molar-refractivity contribution is -0.119. The van der Waals surface area contributed by atoms with Gasteiger partial charge in [0.05, 0.1) is 24.0 Å². The third kappa shape index (κ3) is 4.44. The zero-order valence-electron chi connectivity index (χ0n) is 16.7. The van der Waals surface area contributed by atoms with Gasteiger partial charge in [0.1, 0.15) is 17.6 Å². The van der Waals surface area contributed by atoms with E-state index in [9.17, 15) is 13.2 Å². The Morgan fingerprint density at radius 2 is 1.93 bits per heavy atom. The monoisotopic (exact) mass is 426 g/mol. The number of amidine groups is 1. The van der Waals surface area contributed by atoms with Gasteiger partial charge in [0.15, 0.2) is 0 Å². The molecule has 0 aliphatic carbocycles. The first-order valence-electron chi connectivity index (χ1n) is 9.48. The Morgan fingerprint density at radius 1 is 1.23 bits per heavy atom. The van der Waals surface area contributed by atoms with Crippen LogP contribution in [0, 0.1) is 11.3 Å². The zero-order chi connectivity index (χ0) is 21.7. The van der Waals surface area contributed by atoms with E-state index in [4.69, 9.17) is 10.00 Å². The topological polar surface area (TPSA) is 112 Å². The average Bonchev–Trinajstić information content (AvgIpc) is 2.99. The number of aliphatic imine (C=N–C) groups is 1. The molecule has 0 fully saturated rings. The predicted octanol–water partition coefficient (Wildman–Crippen LogP) is 2.46. The SMILES string of the molecule is CCOc1ccc(N(CCC#N)C(=O)[C@H](C)N=C2NS(=O)(=O)c3ccccc32)cc1. The van der Waals surface area contributed by atoms with E-state index in [1.54, 1.807) is 49.4 Å². The minimum absolute atomic E-state index is 0.135. The largest absolute Gasteiger partial charge is 0.494 e. The molecule has 1 heterocycles. The average molecular weight is 426 g/mol. The molecule has 0 unspecified atom stereocenters. The van der Waals surface area contributed by atoms with Gasteiger partial charge in [0, 0.05) is 17.8 Å². The second-order valence-corrected chi connectivity index (χ2v) is 8.23. The van der Waals surface area contributed by atoms with E-state index in [0.717, 1.165) is 0 Å². The van der Waals surface area contributed by atoms with Gasteiger partial charge in [-0.1, -0.05) is 12.1 Å². The Labute approximate surface area is 175 Å². The lowest BCUT2D eigenvalue weighted by atomic mass is 10.2. The van der Waals surface area contributed by atoms with E-state index in [1.165, 1.54) is 11.0 Å². The van der Waals surface area contributed by atoms with Crippen LogP contribution in [0.5, 0.6) is 5.75 Å². The third-order valence-electron chi connectivity index (χ3n) is 4.52. The molecule has 0 spiro atoms. The van der Waals surface area contributed by atoms with Crippen molar-refractivity contribution in [1.29, 1.82) is 5.26 Å². The van der Waals surface area contributed by atoms with Crippen molar-refractivity contribution in [3.05, 3.63) is 54.1 Å². The highest BCUT2D eigenvalue weighted by molar-refractivity contribution is 7.90. The van der Waals surface area contributed by atoms with Gasteiger partial charge in [-0.05, 0) is 50.2 Å². The Morgan fingerprint density at radius 3 is 2.60 bits per heavy atom. The van der Waals surface area contributed by atoms with Gasteiger partial charge in [-0.2, -0.15) is 5.26 Å². The summed E-state index contributed by atoms with van der Waals surface area (Å²) in [4.78, 5) is 19.1. The number of sulfonamides is 1. The molecule has 1 amide bonds. The number of hydrogen-bond acceptors (Lipinski definition) is 6. The van der Waals surface area contributed by atoms with Crippen molar-refractivity contribution in [2.45, 2.75) is 31.2 Å². The number of benzene rings is 2. The molecule has 30 heavy (non-hydrogen) atoms. The number of hydrogen-bond donors (Lipinski definition) is 1. The molecule has 1 atom stereocenters. The Kier molecular flexibility index (Phi) is 6.37. The molecule has 2 aromatic carbocycles. The van der Waals surface area contributed by atoms with Gasteiger partial charge < -0.3 is 9.64 Å². The molecule has 0 aromatic heterocycles. The van der Waals surface area contributed by atoms with Crippen LogP contribution in [0.25, 0.3) is 0 Å². The summed E-state index contributed by atoms with van der Waals surface area (Å²) in [6, 6.07) is 14.7. The van der Waals surface area contributed by atoms with Gasteiger partial charge in [-0.25, -0.2) is 8.42 Å². The molecule has 9 heteroatoms. The summed E-state index contributed by atoms with van der Waals surface area (Å²) in [5, 5.41) is 8.98. The van der Waals surface area contributed by atoms with Crippen molar-refractivity contribution < 1.29 is 17.9 Å². The first kappa shape index (κ1) is 21.3. The summed E-state index contributed by atoms with van der Waals surface area (Å²) in [5.74, 6) is 0.475. The maximum atomic E-state index is 13.1. The molecule has 0 saturated heterocycles. The van der Waals surface area contributed by atoms with Crippen LogP contribution in [0.1, 0.15) is 25.8 Å². The van der Waals surface area contributed by atoms with Crippen LogP contribution in [0.4, 0.5) is 5.69 Å². The number of nitriles is 1. The van der Waals surface area contributed by atoms with E-state index in [-0.39, 0.29) is 29.6 Å². The minimum Gasteiger partial charge on any atom is -0.494 e. The second-order valence-electron chi connectivity index (χ2n) is 6.58. The summed E-state index contributed by atoms with van der Waals surface area (Å²) in [6.07, 6.45) is 0.151. The second kappa shape index (κ2) is 8.97. The maximum Gasteiger partial charge on any atom is 0.263 e. The van der Waals surface area contributed by atoms with Crippen LogP contribution in [-0.2, 0) is 14.8 Å². The molecule has 3 rings (SSSR count). The summed E-state index contributed by atoms with van der Waals surface area (Å²) < 4.78 is 32.4. The Bertz CT molecular complexity index is 1100. The number of anilines is 1. The van der Waals surface area contributed by atoms with E-state index in [1.807, 2.05) is 13.0 Å². The van der Waals surface area contributed by atoms with Gasteiger partial charge >= 0.3 is 0 Å². The maximum absolute atomic E-state index is 13.1. The van der Waals surface area contributed by atoms with E-state index >= 15 is 0 Å². The fourth-order valence-corrected chi connectivity index (χ4v) is 4.36. The normalized spacial score (nSPS) is 16.2. The molecule has 0 saturated carbocycles. The molecular weight excluding hydrogens is 404 g/mol. The van der Waals surface area contributed by atoms with Crippen molar-refractivity contribution in [3.8, 4) is 11.8 Å². The molecule has 156 valence electrons. The van der Waals surface area contributed by atoms with Crippen LogP contribution in [0.15, 0.2) is 58.4 Å². The highest BCUT2D eigenvalue weighted by atomic mass is 32.2. The Balaban J connectivity index is 1.88. The van der Waals surface area contributed by atoms with E-state index in [0.29, 0.717) is 23.6 Å². The summed E-state index contributed by atoms with van der Waals surface area (Å²) >= 11 is 0. The lowest BCUT2D eigenvalue weighted by Crippen LogP contribution is -2.39. The van der Waals surface area contributed by atoms with Crippen LogP contribution in [0.3, 0.4) is 0 Å². The fraction of sp³-hybridized carbons (Fsp3) is 0.286. The molecule has 1 aliphatic rings. The fourth-order valence-electron chi connectivity index (χ4n) is 3.12. The standard InChI is InChI=1S/C21H22N4O4S/c1-3-29-17-11-9-16(10-12-17)25(14-6-13-22)21(26)15(2)23-20-18-7-4-5-8-19(18)30(27,28)24-20/h4-5,7-12,15H,3,6,14H2,1-2H3,(H,23,24)/t15-/m0/s1. The number of nitrogens with one attached hydrogen (secondary N) is 1. The molecule has 1 aliphatic heterocycles. The van der Waals surface area contributed by atoms with E-state index in [2.05, 4.69) is 9.71 Å². The first-order chi connectivity index (χ1) is 14.4. The van der Waals surface area contributed by atoms with Crippen molar-refractivity contribution in [3.63, 3.8) is 0 Å². The molecule has 8 nitrogen and oxygen atoms in total. The van der Waals surface area contributed by atoms with Crippen molar-refractivity contribution in [2.24, 2.45) is 4.99 Å². The van der Waals surface area contributed by atoms with Crippen molar-refractivity contribution in [1.82, 2.24) is 4.72 Å². The molecule has 0 bridgehead atoms. The molecule has 1 N–H and O–H groups in total. The summed E-state index contributed by atoms with van der Waals surface area (Å²) in [5.41, 5.74) is 1.04. The van der Waals surface area contributed by atoms with Gasteiger partial charge in [-0.15, -0.1) is 0 Å². The van der Waals surface area contributed by atoms with Crippen LogP contribution in [0.2, 0.25) is 0 Å². The number of carbonyl (C=O) groups excluding carboxylic acids is 1. The molecule has 0 radical (unpaired) electrons. The van der Waals surface area contributed by atoms with Crippen LogP contribution >= 0.6 is 0 Å².